The summed E-state index contributed by atoms with van der Waals surface area (Å²) in [6.45, 7) is 3.19. The lowest BCUT2D eigenvalue weighted by molar-refractivity contribution is -0.138. The highest BCUT2D eigenvalue weighted by molar-refractivity contribution is 7.16. The molecule has 0 radical (unpaired) electrons. The Labute approximate surface area is 125 Å². The first kappa shape index (κ1) is 15.0. The van der Waals surface area contributed by atoms with E-state index < -0.39 is 5.97 Å². The van der Waals surface area contributed by atoms with E-state index in [1.54, 1.807) is 32.3 Å². The second kappa shape index (κ2) is 6.40. The Morgan fingerprint density at radius 2 is 1.95 bits per heavy atom. The molecule has 0 bridgehead atoms. The molecule has 0 saturated heterocycles. The standard InChI is InChI=1S/C13H14N4O3S/c1-8(2)17(7-10(18)19)13(20)9-6-16-12(21-9)11-14-4-3-5-15-11/h3-6,8H,7H2,1-2H3,(H,18,19). The number of aromatic nitrogens is 3. The minimum absolute atomic E-state index is 0.216. The molecule has 0 aliphatic heterocycles. The maximum Gasteiger partial charge on any atom is 0.323 e. The van der Waals surface area contributed by atoms with Gasteiger partial charge in [-0.15, -0.1) is 11.3 Å². The number of nitrogens with zero attached hydrogens (tertiary/aromatic N) is 4. The van der Waals surface area contributed by atoms with Crippen molar-refractivity contribution in [2.24, 2.45) is 0 Å². The Morgan fingerprint density at radius 3 is 2.52 bits per heavy atom. The molecule has 0 saturated carbocycles. The fourth-order valence-corrected chi connectivity index (χ4v) is 2.48. The molecule has 7 nitrogen and oxygen atoms in total. The molecule has 0 aliphatic carbocycles. The van der Waals surface area contributed by atoms with Gasteiger partial charge in [-0.05, 0) is 19.9 Å². The van der Waals surface area contributed by atoms with Gasteiger partial charge in [0.25, 0.3) is 5.91 Å². The van der Waals surface area contributed by atoms with Crippen LogP contribution in [0.4, 0.5) is 0 Å². The molecular weight excluding hydrogens is 292 g/mol. The Hall–Kier alpha value is -2.35. The van der Waals surface area contributed by atoms with Crippen molar-refractivity contribution in [2.45, 2.75) is 19.9 Å². The monoisotopic (exact) mass is 306 g/mol. The zero-order valence-corrected chi connectivity index (χ0v) is 12.4. The van der Waals surface area contributed by atoms with Gasteiger partial charge in [-0.2, -0.15) is 0 Å². The van der Waals surface area contributed by atoms with Crippen LogP contribution >= 0.6 is 11.3 Å². The predicted octanol–water partition coefficient (Wildman–Crippen LogP) is 1.54. The van der Waals surface area contributed by atoms with Crippen molar-refractivity contribution in [1.29, 1.82) is 0 Å². The molecule has 0 spiro atoms. The number of rotatable bonds is 5. The van der Waals surface area contributed by atoms with Crippen LogP contribution in [0.25, 0.3) is 10.8 Å². The van der Waals surface area contributed by atoms with E-state index in [-0.39, 0.29) is 18.5 Å². The summed E-state index contributed by atoms with van der Waals surface area (Å²) in [6.07, 6.45) is 4.61. The third kappa shape index (κ3) is 3.60. The number of carboxylic acids is 1. The zero-order valence-electron chi connectivity index (χ0n) is 11.6. The van der Waals surface area contributed by atoms with Crippen LogP contribution in [0.5, 0.6) is 0 Å². The van der Waals surface area contributed by atoms with Crippen LogP contribution in [-0.2, 0) is 4.79 Å². The van der Waals surface area contributed by atoms with Crippen LogP contribution in [0.2, 0.25) is 0 Å². The SMILES string of the molecule is CC(C)N(CC(=O)O)C(=O)c1cnc(-c2ncccn2)s1. The van der Waals surface area contributed by atoms with Gasteiger partial charge in [-0.25, -0.2) is 15.0 Å². The minimum Gasteiger partial charge on any atom is -0.480 e. The maximum atomic E-state index is 12.4. The summed E-state index contributed by atoms with van der Waals surface area (Å²) >= 11 is 1.15. The summed E-state index contributed by atoms with van der Waals surface area (Å²) < 4.78 is 0. The summed E-state index contributed by atoms with van der Waals surface area (Å²) in [4.78, 5) is 37.1. The molecule has 8 heteroatoms. The summed E-state index contributed by atoms with van der Waals surface area (Å²) in [7, 11) is 0. The van der Waals surface area contributed by atoms with Gasteiger partial charge < -0.3 is 10.0 Å². The molecule has 1 amide bonds. The molecule has 0 fully saturated rings. The van der Waals surface area contributed by atoms with Gasteiger partial charge in [0.1, 0.15) is 11.4 Å². The Balaban J connectivity index is 2.23. The quantitative estimate of drug-likeness (QED) is 0.900. The van der Waals surface area contributed by atoms with Crippen molar-refractivity contribution in [1.82, 2.24) is 19.9 Å². The summed E-state index contributed by atoms with van der Waals surface area (Å²) in [6, 6.07) is 1.48. The van der Waals surface area contributed by atoms with Crippen molar-refractivity contribution < 1.29 is 14.7 Å². The first-order valence-electron chi connectivity index (χ1n) is 6.25. The maximum absolute atomic E-state index is 12.4. The third-order valence-corrected chi connectivity index (χ3v) is 3.64. The highest BCUT2D eigenvalue weighted by Gasteiger charge is 2.23. The van der Waals surface area contributed by atoms with E-state index in [9.17, 15) is 9.59 Å². The Kier molecular flexibility index (Phi) is 4.59. The highest BCUT2D eigenvalue weighted by Crippen LogP contribution is 2.23. The van der Waals surface area contributed by atoms with E-state index in [1.165, 1.54) is 11.1 Å². The molecule has 0 atom stereocenters. The lowest BCUT2D eigenvalue weighted by Crippen LogP contribution is -2.40. The van der Waals surface area contributed by atoms with E-state index in [0.29, 0.717) is 15.7 Å². The van der Waals surface area contributed by atoms with Gasteiger partial charge in [0.15, 0.2) is 10.8 Å². The van der Waals surface area contributed by atoms with Crippen LogP contribution in [0.3, 0.4) is 0 Å². The van der Waals surface area contributed by atoms with Crippen molar-refractivity contribution in [3.8, 4) is 10.8 Å². The van der Waals surface area contributed by atoms with Gasteiger partial charge >= 0.3 is 5.97 Å². The fraction of sp³-hybridized carbons (Fsp3) is 0.308. The van der Waals surface area contributed by atoms with Crippen LogP contribution in [0.1, 0.15) is 23.5 Å². The van der Waals surface area contributed by atoms with E-state index in [2.05, 4.69) is 15.0 Å². The number of carbonyl (C=O) groups is 2. The summed E-state index contributed by atoms with van der Waals surface area (Å²) in [5.74, 6) is -0.962. The second-order valence-corrected chi connectivity index (χ2v) is 5.55. The van der Waals surface area contributed by atoms with E-state index in [1.807, 2.05) is 0 Å². The number of hydrogen-bond donors (Lipinski definition) is 1. The average molecular weight is 306 g/mol. The molecule has 0 aliphatic rings. The van der Waals surface area contributed by atoms with Gasteiger partial charge in [-0.1, -0.05) is 0 Å². The second-order valence-electron chi connectivity index (χ2n) is 4.52. The van der Waals surface area contributed by atoms with Gasteiger partial charge in [0.2, 0.25) is 0 Å². The van der Waals surface area contributed by atoms with E-state index in [4.69, 9.17) is 5.11 Å². The van der Waals surface area contributed by atoms with Crippen molar-refractivity contribution in [3.05, 3.63) is 29.5 Å². The molecule has 110 valence electrons. The molecule has 1 N–H and O–H groups in total. The van der Waals surface area contributed by atoms with Crippen LogP contribution in [0, 0.1) is 0 Å². The highest BCUT2D eigenvalue weighted by atomic mass is 32.1. The first-order chi connectivity index (χ1) is 9.99. The van der Waals surface area contributed by atoms with E-state index in [0.717, 1.165) is 11.3 Å². The number of aliphatic carboxylic acids is 1. The average Bonchev–Trinajstić information content (AvgIpc) is 2.94. The number of carbonyl (C=O) groups excluding carboxylic acids is 1. The molecule has 2 rings (SSSR count). The van der Waals surface area contributed by atoms with Crippen LogP contribution in [-0.4, -0.2) is 49.4 Å². The molecule has 2 heterocycles. The van der Waals surface area contributed by atoms with Crippen LogP contribution in [0.15, 0.2) is 24.7 Å². The van der Waals surface area contributed by atoms with Crippen molar-refractivity contribution >= 4 is 23.2 Å². The molecule has 0 unspecified atom stereocenters. The number of thiazole rings is 1. The summed E-state index contributed by atoms with van der Waals surface area (Å²) in [5, 5.41) is 9.41. The lowest BCUT2D eigenvalue weighted by atomic mass is 10.3. The van der Waals surface area contributed by atoms with Crippen molar-refractivity contribution in [2.75, 3.05) is 6.54 Å². The largest absolute Gasteiger partial charge is 0.480 e. The Morgan fingerprint density at radius 1 is 1.29 bits per heavy atom. The normalized spacial score (nSPS) is 10.6. The topological polar surface area (TPSA) is 96.3 Å². The first-order valence-corrected chi connectivity index (χ1v) is 7.06. The fourth-order valence-electron chi connectivity index (χ4n) is 1.66. The molecule has 0 aromatic carbocycles. The number of carboxylic acid groups (broad SMARTS) is 1. The van der Waals surface area contributed by atoms with E-state index >= 15 is 0 Å². The minimum atomic E-state index is -1.05. The molecule has 2 aromatic rings. The number of hydrogen-bond acceptors (Lipinski definition) is 6. The van der Waals surface area contributed by atoms with Gasteiger partial charge in [0.05, 0.1) is 6.20 Å². The van der Waals surface area contributed by atoms with Crippen molar-refractivity contribution in [3.63, 3.8) is 0 Å². The zero-order chi connectivity index (χ0) is 15.4. The third-order valence-electron chi connectivity index (χ3n) is 2.66. The molecular formula is C13H14N4O3S. The van der Waals surface area contributed by atoms with Gasteiger partial charge in [0, 0.05) is 18.4 Å². The smallest absolute Gasteiger partial charge is 0.323 e. The molecule has 21 heavy (non-hydrogen) atoms. The summed E-state index contributed by atoms with van der Waals surface area (Å²) in [5.41, 5.74) is 0. The Bertz CT molecular complexity index is 642. The number of amides is 1. The predicted molar refractivity (Wildman–Crippen MR) is 76.9 cm³/mol. The van der Waals surface area contributed by atoms with Crippen LogP contribution < -0.4 is 0 Å². The lowest BCUT2D eigenvalue weighted by Gasteiger charge is -2.23. The molecule has 2 aromatic heterocycles. The van der Waals surface area contributed by atoms with Gasteiger partial charge in [-0.3, -0.25) is 9.59 Å².